The molecule has 96 valence electrons. The van der Waals surface area contributed by atoms with Crippen molar-refractivity contribution in [2.75, 3.05) is 0 Å². The molecular weight excluding hydrogens is 230 g/mol. The van der Waals surface area contributed by atoms with E-state index in [1.54, 1.807) is 0 Å². The van der Waals surface area contributed by atoms with E-state index in [2.05, 4.69) is 5.32 Å². The molecule has 1 amide bonds. The van der Waals surface area contributed by atoms with E-state index in [0.717, 1.165) is 18.4 Å². The molecule has 18 heavy (non-hydrogen) atoms. The molecule has 1 fully saturated rings. The van der Waals surface area contributed by atoms with E-state index in [1.165, 1.54) is 6.92 Å². The maximum Gasteiger partial charge on any atom is 0.325 e. The summed E-state index contributed by atoms with van der Waals surface area (Å²) in [6.45, 7) is 1.48. The highest BCUT2D eigenvalue weighted by Gasteiger charge is 2.37. The zero-order valence-corrected chi connectivity index (χ0v) is 10.3. The second-order valence-corrected chi connectivity index (χ2v) is 4.79. The fourth-order valence-electron chi connectivity index (χ4n) is 2.09. The van der Waals surface area contributed by atoms with Crippen LogP contribution in [0.1, 0.15) is 31.2 Å². The molecule has 0 spiro atoms. The number of carboxylic acid groups (broad SMARTS) is 1. The van der Waals surface area contributed by atoms with Gasteiger partial charge in [-0.3, -0.25) is 9.59 Å². The Morgan fingerprint density at radius 1 is 1.28 bits per heavy atom. The lowest BCUT2D eigenvalue weighted by Gasteiger charge is -2.18. The Morgan fingerprint density at radius 2 is 1.89 bits per heavy atom. The molecule has 2 rings (SSSR count). The summed E-state index contributed by atoms with van der Waals surface area (Å²) in [5.74, 6) is -1.05. The third-order valence-electron chi connectivity index (χ3n) is 3.26. The highest BCUT2D eigenvalue weighted by Crippen LogP contribution is 2.42. The van der Waals surface area contributed by atoms with E-state index in [4.69, 9.17) is 5.11 Å². The second kappa shape index (κ2) is 5.21. The molecule has 0 bridgehead atoms. The van der Waals surface area contributed by atoms with Crippen molar-refractivity contribution in [3.63, 3.8) is 0 Å². The van der Waals surface area contributed by atoms with Crippen LogP contribution in [0, 0.1) is 5.92 Å². The number of benzene rings is 1. The minimum atomic E-state index is -1.01. The zero-order chi connectivity index (χ0) is 13.1. The Morgan fingerprint density at radius 3 is 2.39 bits per heavy atom. The number of carbonyl (C=O) groups is 2. The van der Waals surface area contributed by atoms with Crippen molar-refractivity contribution in [3.8, 4) is 0 Å². The highest BCUT2D eigenvalue weighted by atomic mass is 16.4. The lowest BCUT2D eigenvalue weighted by atomic mass is 9.93. The maximum atomic E-state index is 12.2. The molecule has 4 heteroatoms. The van der Waals surface area contributed by atoms with Gasteiger partial charge in [0.1, 0.15) is 6.04 Å². The molecule has 0 aromatic heterocycles. The average molecular weight is 247 g/mol. The summed E-state index contributed by atoms with van der Waals surface area (Å²) in [6, 6.07) is 8.72. The Labute approximate surface area is 106 Å². The smallest absolute Gasteiger partial charge is 0.325 e. The molecule has 0 heterocycles. The van der Waals surface area contributed by atoms with Crippen molar-refractivity contribution in [2.45, 2.75) is 31.7 Å². The number of hydrogen-bond donors (Lipinski definition) is 2. The van der Waals surface area contributed by atoms with Crippen LogP contribution >= 0.6 is 0 Å². The Bertz CT molecular complexity index is 440. The quantitative estimate of drug-likeness (QED) is 0.833. The van der Waals surface area contributed by atoms with Crippen molar-refractivity contribution in [1.29, 1.82) is 0 Å². The van der Waals surface area contributed by atoms with Crippen LogP contribution in [0.4, 0.5) is 0 Å². The van der Waals surface area contributed by atoms with E-state index in [-0.39, 0.29) is 11.8 Å². The molecule has 1 aromatic rings. The minimum Gasteiger partial charge on any atom is -0.480 e. The number of carbonyl (C=O) groups excluding carboxylic acids is 1. The normalized spacial score (nSPS) is 17.8. The van der Waals surface area contributed by atoms with Crippen LogP contribution in [0.15, 0.2) is 30.3 Å². The van der Waals surface area contributed by atoms with Gasteiger partial charge in [0.15, 0.2) is 0 Å². The summed E-state index contributed by atoms with van der Waals surface area (Å²) in [4.78, 5) is 22.9. The summed E-state index contributed by atoms with van der Waals surface area (Å²) in [5.41, 5.74) is 0.968. The average Bonchev–Trinajstić information content (AvgIpc) is 3.15. The fourth-order valence-corrected chi connectivity index (χ4v) is 2.09. The van der Waals surface area contributed by atoms with Crippen LogP contribution in [0.2, 0.25) is 0 Å². The summed E-state index contributed by atoms with van der Waals surface area (Å²) >= 11 is 0. The molecule has 4 nitrogen and oxygen atoms in total. The molecule has 1 saturated carbocycles. The zero-order valence-electron chi connectivity index (χ0n) is 10.3. The van der Waals surface area contributed by atoms with Crippen molar-refractivity contribution >= 4 is 11.9 Å². The molecule has 1 aliphatic rings. The molecule has 0 saturated heterocycles. The van der Waals surface area contributed by atoms with Gasteiger partial charge in [0.25, 0.3) is 0 Å². The largest absolute Gasteiger partial charge is 0.480 e. The van der Waals surface area contributed by atoms with Gasteiger partial charge in [-0.15, -0.1) is 0 Å². The van der Waals surface area contributed by atoms with Crippen molar-refractivity contribution in [1.82, 2.24) is 5.32 Å². The summed E-state index contributed by atoms with van der Waals surface area (Å²) in [6.07, 6.45) is 2.07. The second-order valence-electron chi connectivity index (χ2n) is 4.79. The Balaban J connectivity index is 2.11. The van der Waals surface area contributed by atoms with E-state index in [9.17, 15) is 9.59 Å². The Kier molecular flexibility index (Phi) is 3.65. The lowest BCUT2D eigenvalue weighted by molar-refractivity contribution is -0.141. The number of nitrogens with one attached hydrogen (secondary N) is 1. The van der Waals surface area contributed by atoms with Crippen LogP contribution in [0.5, 0.6) is 0 Å². The molecule has 1 aromatic carbocycles. The maximum absolute atomic E-state index is 12.2. The van der Waals surface area contributed by atoms with Gasteiger partial charge in [0, 0.05) is 0 Å². The first-order valence-corrected chi connectivity index (χ1v) is 6.17. The van der Waals surface area contributed by atoms with Crippen molar-refractivity contribution in [2.24, 2.45) is 5.92 Å². The SMILES string of the molecule is C[C@@H](NC(=O)C(c1ccccc1)C1CC1)C(=O)O. The monoisotopic (exact) mass is 247 g/mol. The van der Waals surface area contributed by atoms with E-state index < -0.39 is 12.0 Å². The predicted molar refractivity (Wildman–Crippen MR) is 67.1 cm³/mol. The van der Waals surface area contributed by atoms with Crippen LogP contribution in [-0.4, -0.2) is 23.0 Å². The topological polar surface area (TPSA) is 66.4 Å². The summed E-state index contributed by atoms with van der Waals surface area (Å²) in [5, 5.41) is 11.4. The van der Waals surface area contributed by atoms with Gasteiger partial charge < -0.3 is 10.4 Å². The molecule has 1 aliphatic carbocycles. The molecule has 0 aliphatic heterocycles. The molecule has 1 unspecified atom stereocenters. The van der Waals surface area contributed by atoms with Gasteiger partial charge in [0.2, 0.25) is 5.91 Å². The first kappa shape index (κ1) is 12.6. The van der Waals surface area contributed by atoms with Crippen LogP contribution in [-0.2, 0) is 9.59 Å². The van der Waals surface area contributed by atoms with E-state index in [0.29, 0.717) is 5.92 Å². The van der Waals surface area contributed by atoms with Gasteiger partial charge in [-0.25, -0.2) is 0 Å². The van der Waals surface area contributed by atoms with Gasteiger partial charge in [0.05, 0.1) is 5.92 Å². The van der Waals surface area contributed by atoms with Crippen LogP contribution < -0.4 is 5.32 Å². The van der Waals surface area contributed by atoms with Crippen molar-refractivity contribution in [3.05, 3.63) is 35.9 Å². The predicted octanol–water partition coefficient (Wildman–Crippen LogP) is 1.77. The number of amides is 1. The van der Waals surface area contributed by atoms with E-state index >= 15 is 0 Å². The first-order chi connectivity index (χ1) is 8.59. The number of rotatable bonds is 5. The van der Waals surface area contributed by atoms with E-state index in [1.807, 2.05) is 30.3 Å². The molecule has 2 N–H and O–H groups in total. The van der Waals surface area contributed by atoms with Gasteiger partial charge in [-0.05, 0) is 31.2 Å². The fraction of sp³-hybridized carbons (Fsp3) is 0.429. The van der Waals surface area contributed by atoms with Gasteiger partial charge in [-0.2, -0.15) is 0 Å². The minimum absolute atomic E-state index is 0.182. The molecule has 2 atom stereocenters. The van der Waals surface area contributed by atoms with Crippen LogP contribution in [0.25, 0.3) is 0 Å². The summed E-state index contributed by atoms with van der Waals surface area (Å²) in [7, 11) is 0. The van der Waals surface area contributed by atoms with Crippen LogP contribution in [0.3, 0.4) is 0 Å². The van der Waals surface area contributed by atoms with Gasteiger partial charge in [-0.1, -0.05) is 30.3 Å². The molecular formula is C14H17NO3. The third kappa shape index (κ3) is 2.88. The lowest BCUT2D eigenvalue weighted by Crippen LogP contribution is -2.41. The first-order valence-electron chi connectivity index (χ1n) is 6.17. The standard InChI is InChI=1S/C14H17NO3/c1-9(14(17)18)15-13(16)12(11-7-8-11)10-5-3-2-4-6-10/h2-6,9,11-12H,7-8H2,1H3,(H,15,16)(H,17,18)/t9-,12?/m1/s1. The highest BCUT2D eigenvalue weighted by molar-refractivity contribution is 5.88. The Hall–Kier alpha value is -1.84. The van der Waals surface area contributed by atoms with Crippen molar-refractivity contribution < 1.29 is 14.7 Å². The molecule has 0 radical (unpaired) electrons. The summed E-state index contributed by atoms with van der Waals surface area (Å²) < 4.78 is 0. The number of hydrogen-bond acceptors (Lipinski definition) is 2. The van der Waals surface area contributed by atoms with Gasteiger partial charge >= 0.3 is 5.97 Å². The third-order valence-corrected chi connectivity index (χ3v) is 3.26. The number of carboxylic acids is 1. The number of aliphatic carboxylic acids is 1.